The molecule has 0 fully saturated rings. The molecule has 0 saturated heterocycles. The Bertz CT molecular complexity index is 699. The van der Waals surface area contributed by atoms with Gasteiger partial charge in [0.15, 0.2) is 18.1 Å². The fraction of sp³-hybridized carbons (Fsp3) is 0.350. The van der Waals surface area contributed by atoms with Crippen molar-refractivity contribution in [2.24, 2.45) is 0 Å². The fourth-order valence-corrected chi connectivity index (χ4v) is 3.22. The number of ether oxygens (including phenoxy) is 2. The van der Waals surface area contributed by atoms with E-state index < -0.39 is 0 Å². The SMILES string of the molecule is CCCOc1cc(CNCCc2ccccc2)cc(I)c1OCC#N. The summed E-state index contributed by atoms with van der Waals surface area (Å²) in [6, 6.07) is 16.5. The maximum atomic E-state index is 8.75. The van der Waals surface area contributed by atoms with Gasteiger partial charge in [0.25, 0.3) is 0 Å². The minimum Gasteiger partial charge on any atom is -0.490 e. The Morgan fingerprint density at radius 2 is 1.92 bits per heavy atom. The predicted molar refractivity (Wildman–Crippen MR) is 108 cm³/mol. The van der Waals surface area contributed by atoms with E-state index >= 15 is 0 Å². The molecule has 0 spiro atoms. The van der Waals surface area contributed by atoms with Gasteiger partial charge in [0.1, 0.15) is 6.07 Å². The lowest BCUT2D eigenvalue weighted by molar-refractivity contribution is 0.283. The van der Waals surface area contributed by atoms with Crippen LogP contribution in [0.3, 0.4) is 0 Å². The smallest absolute Gasteiger partial charge is 0.176 e. The zero-order valence-electron chi connectivity index (χ0n) is 14.4. The van der Waals surface area contributed by atoms with E-state index in [1.165, 1.54) is 5.56 Å². The van der Waals surface area contributed by atoms with E-state index in [1.54, 1.807) is 0 Å². The molecule has 0 aliphatic carbocycles. The van der Waals surface area contributed by atoms with Gasteiger partial charge >= 0.3 is 0 Å². The highest BCUT2D eigenvalue weighted by molar-refractivity contribution is 14.1. The number of hydrogen-bond donors (Lipinski definition) is 1. The van der Waals surface area contributed by atoms with Gasteiger partial charge in [0, 0.05) is 6.54 Å². The van der Waals surface area contributed by atoms with Gasteiger partial charge in [-0.3, -0.25) is 0 Å². The van der Waals surface area contributed by atoms with E-state index in [0.29, 0.717) is 18.1 Å². The summed E-state index contributed by atoms with van der Waals surface area (Å²) in [5, 5.41) is 12.2. The predicted octanol–water partition coefficient (Wildman–Crippen LogP) is 4.31. The first-order valence-corrected chi connectivity index (χ1v) is 9.52. The molecule has 0 radical (unpaired) electrons. The molecule has 2 aromatic carbocycles. The summed E-state index contributed by atoms with van der Waals surface area (Å²) in [4.78, 5) is 0. The van der Waals surface area contributed by atoms with Crippen LogP contribution in [0.4, 0.5) is 0 Å². The van der Waals surface area contributed by atoms with E-state index in [-0.39, 0.29) is 6.61 Å². The molecular formula is C20H23IN2O2. The van der Waals surface area contributed by atoms with Crippen molar-refractivity contribution in [3.05, 3.63) is 57.2 Å². The van der Waals surface area contributed by atoms with Crippen LogP contribution in [0.1, 0.15) is 24.5 Å². The number of benzene rings is 2. The Labute approximate surface area is 163 Å². The minimum atomic E-state index is 0.0210. The zero-order chi connectivity index (χ0) is 17.9. The molecule has 0 bridgehead atoms. The molecule has 0 aliphatic heterocycles. The standard InChI is InChI=1S/C20H23IN2O2/c1-2-11-24-19-14-17(13-18(21)20(19)25-12-9-22)15-23-10-8-16-6-4-3-5-7-16/h3-7,13-14,23H,2,8,10-12,15H2,1H3. The van der Waals surface area contributed by atoms with Gasteiger partial charge in [-0.05, 0) is 65.2 Å². The van der Waals surface area contributed by atoms with Crippen molar-refractivity contribution in [2.75, 3.05) is 19.8 Å². The molecule has 0 unspecified atom stereocenters. The molecule has 5 heteroatoms. The molecule has 0 saturated carbocycles. The molecule has 0 aromatic heterocycles. The van der Waals surface area contributed by atoms with E-state index in [4.69, 9.17) is 14.7 Å². The molecule has 0 amide bonds. The molecular weight excluding hydrogens is 427 g/mol. The lowest BCUT2D eigenvalue weighted by Gasteiger charge is -2.15. The highest BCUT2D eigenvalue weighted by Crippen LogP contribution is 2.34. The molecule has 0 atom stereocenters. The Morgan fingerprint density at radius 1 is 1.12 bits per heavy atom. The first-order chi connectivity index (χ1) is 12.2. The summed E-state index contributed by atoms with van der Waals surface area (Å²) >= 11 is 2.23. The molecule has 2 aromatic rings. The van der Waals surface area contributed by atoms with Crippen molar-refractivity contribution in [1.29, 1.82) is 5.26 Å². The number of nitrogens with one attached hydrogen (secondary N) is 1. The highest BCUT2D eigenvalue weighted by atomic mass is 127. The topological polar surface area (TPSA) is 54.3 Å². The number of hydrogen-bond acceptors (Lipinski definition) is 4. The van der Waals surface area contributed by atoms with Gasteiger partial charge in [0.2, 0.25) is 0 Å². The Hall–Kier alpha value is -1.78. The quantitative estimate of drug-likeness (QED) is 0.433. The molecule has 1 N–H and O–H groups in total. The lowest BCUT2D eigenvalue weighted by atomic mass is 10.1. The number of nitrogens with zero attached hydrogens (tertiary/aromatic N) is 1. The lowest BCUT2D eigenvalue weighted by Crippen LogP contribution is -2.17. The monoisotopic (exact) mass is 450 g/mol. The van der Waals surface area contributed by atoms with Crippen molar-refractivity contribution < 1.29 is 9.47 Å². The van der Waals surface area contributed by atoms with Gasteiger partial charge in [-0.15, -0.1) is 0 Å². The van der Waals surface area contributed by atoms with Crippen molar-refractivity contribution in [3.63, 3.8) is 0 Å². The number of halogens is 1. The maximum Gasteiger partial charge on any atom is 0.176 e. The Kier molecular flexibility index (Phi) is 8.56. The minimum absolute atomic E-state index is 0.0210. The third-order valence-electron chi connectivity index (χ3n) is 3.57. The van der Waals surface area contributed by atoms with Crippen LogP contribution >= 0.6 is 22.6 Å². The molecule has 132 valence electrons. The largest absolute Gasteiger partial charge is 0.490 e. The van der Waals surface area contributed by atoms with Gasteiger partial charge in [-0.1, -0.05) is 37.3 Å². The molecule has 2 rings (SSSR count). The summed E-state index contributed by atoms with van der Waals surface area (Å²) in [5.41, 5.74) is 2.48. The second-order valence-electron chi connectivity index (χ2n) is 5.61. The van der Waals surface area contributed by atoms with Crippen LogP contribution in [0.5, 0.6) is 11.5 Å². The molecule has 0 heterocycles. The second-order valence-corrected chi connectivity index (χ2v) is 6.77. The summed E-state index contributed by atoms with van der Waals surface area (Å²) in [5.74, 6) is 1.37. The third kappa shape index (κ3) is 6.56. The van der Waals surface area contributed by atoms with Gasteiger partial charge in [-0.2, -0.15) is 5.26 Å². The molecule has 25 heavy (non-hydrogen) atoms. The highest BCUT2D eigenvalue weighted by Gasteiger charge is 2.12. The van der Waals surface area contributed by atoms with E-state index in [1.807, 2.05) is 18.2 Å². The first kappa shape index (κ1) is 19.5. The average molecular weight is 450 g/mol. The van der Waals surface area contributed by atoms with Crippen LogP contribution in [0, 0.1) is 14.9 Å². The molecule has 4 nitrogen and oxygen atoms in total. The van der Waals surface area contributed by atoms with Crippen LogP contribution in [0.2, 0.25) is 0 Å². The Balaban J connectivity index is 1.97. The van der Waals surface area contributed by atoms with Crippen LogP contribution in [-0.4, -0.2) is 19.8 Å². The molecule has 0 aliphatic rings. The second kappa shape index (κ2) is 11.0. The van der Waals surface area contributed by atoms with Crippen LogP contribution in [-0.2, 0) is 13.0 Å². The number of rotatable bonds is 10. The van der Waals surface area contributed by atoms with E-state index in [0.717, 1.165) is 35.1 Å². The first-order valence-electron chi connectivity index (χ1n) is 8.44. The zero-order valence-corrected chi connectivity index (χ0v) is 16.6. The number of nitriles is 1. The normalized spacial score (nSPS) is 10.3. The summed E-state index contributed by atoms with van der Waals surface area (Å²) < 4.78 is 12.3. The fourth-order valence-electron chi connectivity index (χ4n) is 2.40. The van der Waals surface area contributed by atoms with E-state index in [2.05, 4.69) is 65.2 Å². The van der Waals surface area contributed by atoms with Crippen molar-refractivity contribution in [2.45, 2.75) is 26.3 Å². The summed E-state index contributed by atoms with van der Waals surface area (Å²) in [7, 11) is 0. The summed E-state index contributed by atoms with van der Waals surface area (Å²) in [6.45, 7) is 4.40. The van der Waals surface area contributed by atoms with Gasteiger partial charge in [-0.25, -0.2) is 0 Å². The summed E-state index contributed by atoms with van der Waals surface area (Å²) in [6.07, 6.45) is 1.92. The van der Waals surface area contributed by atoms with Gasteiger partial charge in [0.05, 0.1) is 10.2 Å². The van der Waals surface area contributed by atoms with Crippen LogP contribution in [0.15, 0.2) is 42.5 Å². The van der Waals surface area contributed by atoms with E-state index in [9.17, 15) is 0 Å². The average Bonchev–Trinajstić information content (AvgIpc) is 2.63. The van der Waals surface area contributed by atoms with Gasteiger partial charge < -0.3 is 14.8 Å². The van der Waals surface area contributed by atoms with Crippen LogP contribution < -0.4 is 14.8 Å². The van der Waals surface area contributed by atoms with Crippen LogP contribution in [0.25, 0.3) is 0 Å². The maximum absolute atomic E-state index is 8.75. The van der Waals surface area contributed by atoms with Crippen molar-refractivity contribution in [3.8, 4) is 17.6 Å². The third-order valence-corrected chi connectivity index (χ3v) is 4.38. The van der Waals surface area contributed by atoms with Crippen molar-refractivity contribution in [1.82, 2.24) is 5.32 Å². The van der Waals surface area contributed by atoms with Crippen molar-refractivity contribution >= 4 is 22.6 Å². The Morgan fingerprint density at radius 3 is 2.64 bits per heavy atom.